The summed E-state index contributed by atoms with van der Waals surface area (Å²) >= 11 is 1.90. The Labute approximate surface area is 168 Å². The van der Waals surface area contributed by atoms with Crippen LogP contribution in [0.1, 0.15) is 5.56 Å². The molecule has 28 heavy (non-hydrogen) atoms. The van der Waals surface area contributed by atoms with Gasteiger partial charge in [0, 0.05) is 35.7 Å². The van der Waals surface area contributed by atoms with Crippen molar-refractivity contribution < 1.29 is 4.74 Å². The number of fused-ring (bicyclic) bond motifs is 2. The van der Waals surface area contributed by atoms with E-state index in [2.05, 4.69) is 40.5 Å². The van der Waals surface area contributed by atoms with Crippen LogP contribution in [-0.4, -0.2) is 47.6 Å². The summed E-state index contributed by atoms with van der Waals surface area (Å²) in [6, 6.07) is 16.7. The summed E-state index contributed by atoms with van der Waals surface area (Å²) < 4.78 is 5.27. The number of hydrogen-bond acceptors (Lipinski definition) is 7. The number of benzene rings is 2. The van der Waals surface area contributed by atoms with Gasteiger partial charge in [-0.05, 0) is 23.8 Å². The van der Waals surface area contributed by atoms with Gasteiger partial charge in [-0.1, -0.05) is 30.3 Å². The van der Waals surface area contributed by atoms with Gasteiger partial charge in [-0.2, -0.15) is 4.98 Å². The molecule has 0 amide bonds. The summed E-state index contributed by atoms with van der Waals surface area (Å²) in [5.74, 6) is 2.61. The van der Waals surface area contributed by atoms with E-state index in [9.17, 15) is 0 Å². The van der Waals surface area contributed by atoms with Crippen molar-refractivity contribution in [2.24, 2.45) is 5.73 Å². The molecule has 3 N–H and O–H groups in total. The number of nitrogens with one attached hydrogen (secondary N) is 1. The zero-order valence-electron chi connectivity index (χ0n) is 15.6. The molecule has 2 aliphatic rings. The molecule has 0 bridgehead atoms. The lowest BCUT2D eigenvalue weighted by Gasteiger charge is -2.38. The molecule has 1 saturated heterocycles. The first kappa shape index (κ1) is 17.7. The van der Waals surface area contributed by atoms with E-state index in [1.807, 2.05) is 30.0 Å². The van der Waals surface area contributed by atoms with Gasteiger partial charge in [-0.3, -0.25) is 0 Å². The number of hydrogen-bond donors (Lipinski definition) is 2. The molecular weight excluding hydrogens is 370 g/mol. The first-order chi connectivity index (χ1) is 13.7. The van der Waals surface area contributed by atoms with Gasteiger partial charge in [-0.15, -0.1) is 11.8 Å². The Morgan fingerprint density at radius 1 is 1.11 bits per heavy atom. The van der Waals surface area contributed by atoms with Crippen LogP contribution in [0.15, 0.2) is 53.4 Å². The van der Waals surface area contributed by atoms with Gasteiger partial charge in [-0.25, -0.2) is 4.98 Å². The lowest BCUT2D eigenvalue weighted by molar-refractivity contribution is -0.0461. The van der Waals surface area contributed by atoms with Crippen LogP contribution in [0, 0.1) is 0 Å². The summed E-state index contributed by atoms with van der Waals surface area (Å²) in [5.41, 5.74) is 8.25. The van der Waals surface area contributed by atoms with Crippen LogP contribution in [0.3, 0.4) is 0 Å². The molecule has 0 unspecified atom stereocenters. The standard InChI is InChI=1S/C21H23N5OS/c22-21(13-27-14-21)12-23-19-16-6-2-3-7-17(16)24-20(25-19)26-9-10-28-18-8-4-1-5-15(18)11-26/h1-8H,9-14,22H2,(H,23,24,25). The van der Waals surface area contributed by atoms with Gasteiger partial charge in [0.1, 0.15) is 5.82 Å². The summed E-state index contributed by atoms with van der Waals surface area (Å²) in [5, 5.41) is 4.47. The molecule has 0 radical (unpaired) electrons. The summed E-state index contributed by atoms with van der Waals surface area (Å²) in [6.07, 6.45) is 0. The second kappa shape index (κ2) is 7.24. The van der Waals surface area contributed by atoms with Crippen molar-refractivity contribution in [3.63, 3.8) is 0 Å². The molecule has 3 aromatic rings. The molecule has 2 aliphatic heterocycles. The Balaban J connectivity index is 1.49. The smallest absolute Gasteiger partial charge is 0.228 e. The van der Waals surface area contributed by atoms with E-state index in [0.717, 1.165) is 41.5 Å². The third-order valence-corrected chi connectivity index (χ3v) is 6.31. The summed E-state index contributed by atoms with van der Waals surface area (Å²) in [4.78, 5) is 13.4. The quantitative estimate of drug-likeness (QED) is 0.706. The Hall–Kier alpha value is -2.35. The van der Waals surface area contributed by atoms with E-state index in [0.29, 0.717) is 19.8 Å². The van der Waals surface area contributed by atoms with Crippen molar-refractivity contribution in [3.05, 3.63) is 54.1 Å². The molecule has 0 saturated carbocycles. The molecule has 1 aromatic heterocycles. The molecule has 2 aromatic carbocycles. The molecular formula is C21H23N5OS. The fourth-order valence-electron chi connectivity index (χ4n) is 3.56. The number of nitrogens with zero attached hydrogens (tertiary/aromatic N) is 3. The number of nitrogens with two attached hydrogens (primary N) is 1. The van der Waals surface area contributed by atoms with Gasteiger partial charge in [0.2, 0.25) is 5.95 Å². The zero-order valence-corrected chi connectivity index (χ0v) is 16.4. The molecule has 5 rings (SSSR count). The number of ether oxygens (including phenoxy) is 1. The SMILES string of the molecule is NC1(CNc2nc(N3CCSc4ccccc4C3)nc3ccccc23)COC1. The summed E-state index contributed by atoms with van der Waals surface area (Å²) in [6.45, 7) is 3.51. The largest absolute Gasteiger partial charge is 0.377 e. The molecule has 0 atom stereocenters. The van der Waals surface area contributed by atoms with Gasteiger partial charge >= 0.3 is 0 Å². The fourth-order valence-corrected chi connectivity index (χ4v) is 4.59. The highest BCUT2D eigenvalue weighted by Gasteiger charge is 2.34. The van der Waals surface area contributed by atoms with E-state index in [1.165, 1.54) is 10.5 Å². The van der Waals surface area contributed by atoms with Crippen LogP contribution in [0.4, 0.5) is 11.8 Å². The molecule has 0 spiro atoms. The average molecular weight is 394 g/mol. The van der Waals surface area contributed by atoms with Crippen LogP contribution in [0.5, 0.6) is 0 Å². The minimum Gasteiger partial charge on any atom is -0.377 e. The maximum Gasteiger partial charge on any atom is 0.228 e. The maximum absolute atomic E-state index is 6.31. The Morgan fingerprint density at radius 2 is 1.93 bits per heavy atom. The van der Waals surface area contributed by atoms with Gasteiger partial charge in [0.05, 0.1) is 24.3 Å². The third-order valence-electron chi connectivity index (χ3n) is 5.21. The van der Waals surface area contributed by atoms with Gasteiger partial charge in [0.25, 0.3) is 0 Å². The van der Waals surface area contributed by atoms with Crippen LogP contribution in [0.2, 0.25) is 0 Å². The van der Waals surface area contributed by atoms with Gasteiger partial charge in [0.15, 0.2) is 0 Å². The van der Waals surface area contributed by atoms with Crippen molar-refractivity contribution in [3.8, 4) is 0 Å². The highest BCUT2D eigenvalue weighted by molar-refractivity contribution is 7.99. The number of para-hydroxylation sites is 1. The van der Waals surface area contributed by atoms with Crippen LogP contribution in [-0.2, 0) is 11.3 Å². The van der Waals surface area contributed by atoms with Crippen LogP contribution >= 0.6 is 11.8 Å². The number of aromatic nitrogens is 2. The lowest BCUT2D eigenvalue weighted by Crippen LogP contribution is -2.61. The number of anilines is 2. The molecule has 1 fully saturated rings. The van der Waals surface area contributed by atoms with Crippen molar-refractivity contribution in [2.75, 3.05) is 42.3 Å². The van der Waals surface area contributed by atoms with Crippen molar-refractivity contribution >= 4 is 34.4 Å². The fraction of sp³-hybridized carbons (Fsp3) is 0.333. The van der Waals surface area contributed by atoms with Crippen molar-refractivity contribution in [2.45, 2.75) is 17.0 Å². The van der Waals surface area contributed by atoms with E-state index in [-0.39, 0.29) is 5.54 Å². The van der Waals surface area contributed by atoms with E-state index < -0.39 is 0 Å². The van der Waals surface area contributed by atoms with Crippen molar-refractivity contribution in [1.82, 2.24) is 9.97 Å². The van der Waals surface area contributed by atoms with Gasteiger partial charge < -0.3 is 20.7 Å². The first-order valence-electron chi connectivity index (χ1n) is 9.53. The average Bonchev–Trinajstić information content (AvgIpc) is 2.93. The second-order valence-electron chi connectivity index (χ2n) is 7.48. The second-order valence-corrected chi connectivity index (χ2v) is 8.61. The van der Waals surface area contributed by atoms with Crippen molar-refractivity contribution in [1.29, 1.82) is 0 Å². The minimum atomic E-state index is -0.315. The molecule has 6 nitrogen and oxygen atoms in total. The molecule has 0 aliphatic carbocycles. The lowest BCUT2D eigenvalue weighted by atomic mass is 9.99. The highest BCUT2D eigenvalue weighted by Crippen LogP contribution is 2.30. The minimum absolute atomic E-state index is 0.315. The topological polar surface area (TPSA) is 76.3 Å². The normalized spacial score (nSPS) is 18.2. The molecule has 144 valence electrons. The monoisotopic (exact) mass is 393 g/mol. The molecule has 3 heterocycles. The predicted molar refractivity (Wildman–Crippen MR) is 114 cm³/mol. The van der Waals surface area contributed by atoms with E-state index >= 15 is 0 Å². The van der Waals surface area contributed by atoms with Crippen LogP contribution < -0.4 is 16.0 Å². The molecule has 7 heteroatoms. The van der Waals surface area contributed by atoms with E-state index in [1.54, 1.807) is 0 Å². The maximum atomic E-state index is 6.31. The zero-order chi connectivity index (χ0) is 19.0. The first-order valence-corrected chi connectivity index (χ1v) is 10.5. The Kier molecular flexibility index (Phi) is 4.58. The Morgan fingerprint density at radius 3 is 2.79 bits per heavy atom. The van der Waals surface area contributed by atoms with Crippen LogP contribution in [0.25, 0.3) is 10.9 Å². The summed E-state index contributed by atoms with van der Waals surface area (Å²) in [7, 11) is 0. The predicted octanol–water partition coefficient (Wildman–Crippen LogP) is 2.88. The number of thioether (sulfide) groups is 1. The third kappa shape index (κ3) is 3.41. The number of rotatable bonds is 4. The van der Waals surface area contributed by atoms with E-state index in [4.69, 9.17) is 20.4 Å². The Bertz CT molecular complexity index is 1010. The highest BCUT2D eigenvalue weighted by atomic mass is 32.2.